The molecule has 0 bridgehead atoms. The van der Waals surface area contributed by atoms with Gasteiger partial charge in [-0.15, -0.1) is 0 Å². The Bertz CT molecular complexity index is 990. The van der Waals surface area contributed by atoms with Crippen LogP contribution in [0.5, 0.6) is 5.75 Å². The van der Waals surface area contributed by atoms with Gasteiger partial charge in [-0.1, -0.05) is 13.0 Å². The van der Waals surface area contributed by atoms with Crippen molar-refractivity contribution < 1.29 is 14.4 Å². The van der Waals surface area contributed by atoms with Gasteiger partial charge in [-0.05, 0) is 66.5 Å². The highest BCUT2D eigenvalue weighted by molar-refractivity contribution is 7.21. The van der Waals surface area contributed by atoms with Crippen LogP contribution in [0.25, 0.3) is 10.2 Å². The molecule has 0 aliphatic heterocycles. The Labute approximate surface area is 163 Å². The van der Waals surface area contributed by atoms with Gasteiger partial charge in [0, 0.05) is 6.07 Å². The topological polar surface area (TPSA) is 70.1 Å². The lowest BCUT2D eigenvalue weighted by Gasteiger charge is -2.21. The standard InChI is InChI=1S/C20H24N4O2S/c1-6-13-7-9-15(16(11-13)21-20(2,3)25)22-23-19-24(4)17-10-8-14(26-5)12-18(17)27-19/h7-12,25H,6H2,1-5H3/p+1. The van der Waals surface area contributed by atoms with Crippen LogP contribution >= 0.6 is 11.3 Å². The second kappa shape index (κ2) is 7.62. The number of rotatable bonds is 6. The Morgan fingerprint density at radius 1 is 1.19 bits per heavy atom. The molecule has 27 heavy (non-hydrogen) atoms. The van der Waals surface area contributed by atoms with Crippen LogP contribution in [-0.2, 0) is 13.5 Å². The van der Waals surface area contributed by atoms with Gasteiger partial charge in [-0.25, -0.2) is 4.57 Å². The zero-order chi connectivity index (χ0) is 19.6. The number of methoxy groups -OCH3 is 1. The van der Waals surface area contributed by atoms with Crippen LogP contribution in [0.2, 0.25) is 0 Å². The lowest BCUT2D eigenvalue weighted by molar-refractivity contribution is -0.627. The third kappa shape index (κ3) is 4.43. The summed E-state index contributed by atoms with van der Waals surface area (Å²) < 4.78 is 8.39. The summed E-state index contributed by atoms with van der Waals surface area (Å²) in [5, 5.41) is 22.9. The number of hydrogen-bond donors (Lipinski definition) is 2. The molecule has 0 aliphatic rings. The Kier molecular flexibility index (Phi) is 5.43. The molecule has 1 aromatic heterocycles. The number of aromatic nitrogens is 1. The summed E-state index contributed by atoms with van der Waals surface area (Å²) in [7, 11) is 3.63. The van der Waals surface area contributed by atoms with Crippen molar-refractivity contribution in [3.05, 3.63) is 42.0 Å². The van der Waals surface area contributed by atoms with Gasteiger partial charge in [-0.3, -0.25) is 0 Å². The highest BCUT2D eigenvalue weighted by Crippen LogP contribution is 2.33. The molecular weight excluding hydrogens is 360 g/mol. The number of nitrogens with one attached hydrogen (secondary N) is 1. The van der Waals surface area contributed by atoms with Crippen LogP contribution in [0.15, 0.2) is 46.6 Å². The van der Waals surface area contributed by atoms with Gasteiger partial charge >= 0.3 is 5.13 Å². The van der Waals surface area contributed by atoms with E-state index in [9.17, 15) is 5.11 Å². The number of hydrogen-bond acceptors (Lipinski definition) is 6. The molecule has 0 unspecified atom stereocenters. The van der Waals surface area contributed by atoms with Crippen molar-refractivity contribution in [2.24, 2.45) is 17.3 Å². The lowest BCUT2D eigenvalue weighted by atomic mass is 10.1. The van der Waals surface area contributed by atoms with Gasteiger partial charge < -0.3 is 15.2 Å². The van der Waals surface area contributed by atoms with Gasteiger partial charge in [0.05, 0.1) is 29.7 Å². The molecule has 2 N–H and O–H groups in total. The Morgan fingerprint density at radius 2 is 1.96 bits per heavy atom. The summed E-state index contributed by atoms with van der Waals surface area (Å²) in [6.45, 7) is 5.49. The van der Waals surface area contributed by atoms with Gasteiger partial charge in [0.25, 0.3) is 0 Å². The first-order chi connectivity index (χ1) is 12.8. The molecule has 2 aromatic carbocycles. The number of thiazole rings is 1. The second-order valence-corrected chi connectivity index (χ2v) is 7.88. The van der Waals surface area contributed by atoms with E-state index < -0.39 is 5.72 Å². The summed E-state index contributed by atoms with van der Waals surface area (Å²) in [5.41, 5.74) is 2.64. The molecule has 0 fully saturated rings. The zero-order valence-electron chi connectivity index (χ0n) is 16.3. The monoisotopic (exact) mass is 385 g/mol. The smallest absolute Gasteiger partial charge is 0.409 e. The highest BCUT2D eigenvalue weighted by Gasteiger charge is 2.18. The molecule has 3 rings (SSSR count). The molecule has 0 amide bonds. The fraction of sp³-hybridized carbons (Fsp3) is 0.350. The van der Waals surface area contributed by atoms with Gasteiger partial charge in [0.1, 0.15) is 22.7 Å². The summed E-state index contributed by atoms with van der Waals surface area (Å²) in [5.74, 6) is 0.819. The molecule has 1 heterocycles. The van der Waals surface area contributed by atoms with E-state index in [1.54, 1.807) is 32.3 Å². The Balaban J connectivity index is 1.98. The van der Waals surface area contributed by atoms with E-state index in [0.29, 0.717) is 5.69 Å². The van der Waals surface area contributed by atoms with Crippen LogP contribution in [0.3, 0.4) is 0 Å². The fourth-order valence-electron chi connectivity index (χ4n) is 2.75. The largest absolute Gasteiger partial charge is 0.497 e. The van der Waals surface area contributed by atoms with Crippen LogP contribution in [0, 0.1) is 0 Å². The number of anilines is 1. The van der Waals surface area contributed by atoms with Crippen molar-refractivity contribution in [3.63, 3.8) is 0 Å². The lowest BCUT2D eigenvalue weighted by Crippen LogP contribution is -2.29. The van der Waals surface area contributed by atoms with E-state index in [-0.39, 0.29) is 0 Å². The quantitative estimate of drug-likeness (QED) is 0.362. The van der Waals surface area contributed by atoms with Gasteiger partial charge in [-0.2, -0.15) is 0 Å². The maximum absolute atomic E-state index is 10.1. The molecule has 0 saturated heterocycles. The third-order valence-electron chi connectivity index (χ3n) is 4.17. The summed E-state index contributed by atoms with van der Waals surface area (Å²) in [6, 6.07) is 11.9. The van der Waals surface area contributed by atoms with E-state index >= 15 is 0 Å². The normalized spacial score (nSPS) is 12.1. The van der Waals surface area contributed by atoms with Crippen molar-refractivity contribution in [2.75, 3.05) is 12.4 Å². The minimum Gasteiger partial charge on any atom is -0.497 e. The number of benzene rings is 2. The van der Waals surface area contributed by atoms with Gasteiger partial charge in [0.15, 0.2) is 0 Å². The average molecular weight is 386 g/mol. The maximum Gasteiger partial charge on any atom is 0.409 e. The molecule has 142 valence electrons. The fourth-order valence-corrected chi connectivity index (χ4v) is 3.75. The third-order valence-corrected chi connectivity index (χ3v) is 5.25. The Morgan fingerprint density at radius 3 is 2.63 bits per heavy atom. The first-order valence-electron chi connectivity index (χ1n) is 8.82. The number of ether oxygens (including phenoxy) is 1. The molecule has 0 spiro atoms. The van der Waals surface area contributed by atoms with Crippen molar-refractivity contribution >= 4 is 38.1 Å². The number of azo groups is 1. The summed E-state index contributed by atoms with van der Waals surface area (Å²) in [4.78, 5) is 0. The van der Waals surface area contributed by atoms with E-state index in [1.807, 2.05) is 48.0 Å². The summed E-state index contributed by atoms with van der Waals surface area (Å²) in [6.07, 6.45) is 0.908. The highest BCUT2D eigenvalue weighted by atomic mass is 32.1. The van der Waals surface area contributed by atoms with E-state index in [1.165, 1.54) is 5.56 Å². The zero-order valence-corrected chi connectivity index (χ0v) is 17.1. The average Bonchev–Trinajstić information content (AvgIpc) is 2.94. The molecular formula is C20H25N4O2S+. The minimum absolute atomic E-state index is 0.685. The molecule has 0 radical (unpaired) electrons. The van der Waals surface area contributed by atoms with Crippen molar-refractivity contribution in [1.29, 1.82) is 0 Å². The molecule has 3 aromatic rings. The van der Waals surface area contributed by atoms with E-state index in [0.717, 1.165) is 33.2 Å². The SMILES string of the molecule is CCc1ccc(N=Nc2sc3cc(OC)ccc3[n+]2C)c(NC(C)(C)O)c1. The minimum atomic E-state index is -1.05. The molecule has 7 heteroatoms. The predicted molar refractivity (Wildman–Crippen MR) is 109 cm³/mol. The molecule has 0 aliphatic carbocycles. The Hall–Kier alpha value is -2.51. The number of aliphatic hydroxyl groups is 1. The number of aryl methyl sites for hydroxylation is 2. The second-order valence-electron chi connectivity index (χ2n) is 6.87. The van der Waals surface area contributed by atoms with Gasteiger partial charge in [0.2, 0.25) is 0 Å². The van der Waals surface area contributed by atoms with Crippen LogP contribution < -0.4 is 14.6 Å². The van der Waals surface area contributed by atoms with E-state index in [4.69, 9.17) is 4.74 Å². The molecule has 0 saturated carbocycles. The maximum atomic E-state index is 10.1. The van der Waals surface area contributed by atoms with Crippen molar-refractivity contribution in [2.45, 2.75) is 32.9 Å². The first kappa shape index (κ1) is 19.3. The van der Waals surface area contributed by atoms with Crippen LogP contribution in [-0.4, -0.2) is 17.9 Å². The molecule has 0 atom stereocenters. The van der Waals surface area contributed by atoms with Crippen molar-refractivity contribution in [1.82, 2.24) is 0 Å². The predicted octanol–water partition coefficient (Wildman–Crippen LogP) is 4.85. The van der Waals surface area contributed by atoms with Crippen LogP contribution in [0.1, 0.15) is 26.3 Å². The number of fused-ring (bicyclic) bond motifs is 1. The van der Waals surface area contributed by atoms with E-state index in [2.05, 4.69) is 22.5 Å². The van der Waals surface area contributed by atoms with Crippen LogP contribution in [0.4, 0.5) is 16.5 Å². The van der Waals surface area contributed by atoms with Crippen molar-refractivity contribution in [3.8, 4) is 5.75 Å². The molecule has 6 nitrogen and oxygen atoms in total. The number of nitrogens with zero attached hydrogens (tertiary/aromatic N) is 3. The summed E-state index contributed by atoms with van der Waals surface area (Å²) >= 11 is 1.55. The first-order valence-corrected chi connectivity index (χ1v) is 9.64.